The number of aromatic nitrogens is 2. The summed E-state index contributed by atoms with van der Waals surface area (Å²) >= 11 is 4.46. The zero-order valence-corrected chi connectivity index (χ0v) is 13.7. The smallest absolute Gasteiger partial charge is 0.291 e. The molecule has 0 saturated carbocycles. The van der Waals surface area contributed by atoms with Crippen molar-refractivity contribution in [3.8, 4) is 0 Å². The minimum Gasteiger partial charge on any atom is -0.444 e. The van der Waals surface area contributed by atoms with E-state index < -0.39 is 11.5 Å². The molecule has 0 saturated heterocycles. The summed E-state index contributed by atoms with van der Waals surface area (Å²) in [6.45, 7) is 3.93. The van der Waals surface area contributed by atoms with Crippen molar-refractivity contribution in [3.63, 3.8) is 0 Å². The highest BCUT2D eigenvalue weighted by atomic mass is 79.9. The molecule has 7 nitrogen and oxygen atoms in total. The average Bonchev–Trinajstić information content (AvgIpc) is 2.79. The Bertz CT molecular complexity index is 726. The highest BCUT2D eigenvalue weighted by Gasteiger charge is 2.16. The third kappa shape index (κ3) is 3.88. The van der Waals surface area contributed by atoms with Crippen molar-refractivity contribution in [3.05, 3.63) is 32.9 Å². The van der Waals surface area contributed by atoms with Crippen molar-refractivity contribution in [2.75, 3.05) is 11.1 Å². The van der Waals surface area contributed by atoms with E-state index in [9.17, 15) is 9.59 Å². The number of nitrogens with one attached hydrogen (secondary N) is 2. The zero-order valence-electron chi connectivity index (χ0n) is 11.3. The molecule has 2 aromatic rings. The van der Waals surface area contributed by atoms with Crippen LogP contribution < -0.4 is 16.6 Å². The van der Waals surface area contributed by atoms with E-state index in [0.717, 1.165) is 0 Å². The Morgan fingerprint density at radius 3 is 2.76 bits per heavy atom. The van der Waals surface area contributed by atoms with E-state index in [-0.39, 0.29) is 22.5 Å². The van der Waals surface area contributed by atoms with Crippen LogP contribution in [-0.2, 0) is 0 Å². The van der Waals surface area contributed by atoms with Crippen molar-refractivity contribution in [1.82, 2.24) is 9.97 Å². The van der Waals surface area contributed by atoms with Gasteiger partial charge in [0.05, 0.1) is 0 Å². The maximum atomic E-state index is 12.0. The molecule has 2 heterocycles. The van der Waals surface area contributed by atoms with E-state index in [1.54, 1.807) is 6.07 Å². The summed E-state index contributed by atoms with van der Waals surface area (Å²) in [6, 6.07) is 3.04. The number of rotatable bonds is 4. The normalized spacial score (nSPS) is 10.9. The van der Waals surface area contributed by atoms with Gasteiger partial charge < -0.3 is 15.5 Å². The fourth-order valence-corrected chi connectivity index (χ4v) is 2.54. The fourth-order valence-electron chi connectivity index (χ4n) is 1.48. The average molecular weight is 373 g/mol. The van der Waals surface area contributed by atoms with Crippen LogP contribution in [0.4, 0.5) is 11.5 Å². The third-order valence-electron chi connectivity index (χ3n) is 2.31. The Morgan fingerprint density at radius 1 is 1.52 bits per heavy atom. The molecule has 0 aliphatic carbocycles. The Labute approximate surface area is 132 Å². The van der Waals surface area contributed by atoms with Crippen molar-refractivity contribution in [1.29, 1.82) is 0 Å². The second-order valence-corrected chi connectivity index (χ2v) is 6.70. The largest absolute Gasteiger partial charge is 0.444 e. The lowest BCUT2D eigenvalue weighted by Crippen LogP contribution is -2.23. The predicted octanol–water partition coefficient (Wildman–Crippen LogP) is 2.46. The van der Waals surface area contributed by atoms with Gasteiger partial charge in [-0.2, -0.15) is 0 Å². The molecule has 0 aliphatic heterocycles. The molecule has 9 heteroatoms. The minimum absolute atomic E-state index is 0.0409. The van der Waals surface area contributed by atoms with E-state index in [4.69, 9.17) is 10.2 Å². The molecule has 0 atom stereocenters. The number of hydrogen-bond donors (Lipinski definition) is 3. The predicted molar refractivity (Wildman–Crippen MR) is 84.6 cm³/mol. The summed E-state index contributed by atoms with van der Waals surface area (Å²) < 4.78 is 5.51. The molecule has 0 bridgehead atoms. The second kappa shape index (κ2) is 6.35. The molecule has 0 aromatic carbocycles. The number of aromatic amines is 1. The fraction of sp³-hybridized carbons (Fsp3) is 0.250. The Morgan fingerprint density at radius 2 is 2.24 bits per heavy atom. The molecule has 21 heavy (non-hydrogen) atoms. The zero-order chi connectivity index (χ0) is 15.6. The van der Waals surface area contributed by atoms with Gasteiger partial charge in [0.25, 0.3) is 11.5 Å². The number of carbonyl (C=O) groups excluding carboxylic acids is 1. The number of anilines is 2. The minimum atomic E-state index is -0.580. The number of carbonyl (C=O) groups is 1. The summed E-state index contributed by atoms with van der Waals surface area (Å²) in [5, 5.41) is 3.05. The quantitative estimate of drug-likeness (QED) is 0.560. The van der Waals surface area contributed by atoms with Gasteiger partial charge in [-0.1, -0.05) is 25.6 Å². The van der Waals surface area contributed by atoms with Crippen LogP contribution in [0.3, 0.4) is 0 Å². The molecule has 0 spiro atoms. The molecule has 2 rings (SSSR count). The van der Waals surface area contributed by atoms with Crippen LogP contribution in [-0.4, -0.2) is 21.1 Å². The van der Waals surface area contributed by atoms with Gasteiger partial charge in [-0.25, -0.2) is 4.98 Å². The van der Waals surface area contributed by atoms with E-state index in [2.05, 4.69) is 31.2 Å². The van der Waals surface area contributed by atoms with Gasteiger partial charge in [0.2, 0.25) is 0 Å². The summed E-state index contributed by atoms with van der Waals surface area (Å²) in [4.78, 5) is 30.5. The van der Waals surface area contributed by atoms with Crippen LogP contribution in [0.1, 0.15) is 24.4 Å². The molecule has 1 amide bonds. The monoisotopic (exact) mass is 372 g/mol. The Balaban J connectivity index is 2.24. The lowest BCUT2D eigenvalue weighted by Gasteiger charge is -2.08. The third-order valence-corrected chi connectivity index (χ3v) is 3.62. The number of furan rings is 1. The van der Waals surface area contributed by atoms with Gasteiger partial charge >= 0.3 is 0 Å². The number of H-pyrrole nitrogens is 1. The molecular formula is C12H13BrN4O3S. The molecule has 0 fully saturated rings. The Hall–Kier alpha value is -1.74. The molecule has 0 radical (unpaired) electrons. The Kier molecular flexibility index (Phi) is 4.73. The molecular weight excluding hydrogens is 360 g/mol. The topological polar surface area (TPSA) is 114 Å². The first-order chi connectivity index (χ1) is 9.86. The first-order valence-corrected chi connectivity index (χ1v) is 7.67. The first-order valence-electron chi connectivity index (χ1n) is 6.00. The van der Waals surface area contributed by atoms with Gasteiger partial charge in [-0.3, -0.25) is 14.6 Å². The highest BCUT2D eigenvalue weighted by Crippen LogP contribution is 2.21. The number of halogens is 1. The van der Waals surface area contributed by atoms with E-state index in [1.807, 2.05) is 13.8 Å². The van der Waals surface area contributed by atoms with Gasteiger partial charge in [0.1, 0.15) is 0 Å². The van der Waals surface area contributed by atoms with Crippen molar-refractivity contribution in [2.24, 2.45) is 0 Å². The van der Waals surface area contributed by atoms with Crippen LogP contribution >= 0.6 is 27.7 Å². The SMILES string of the molecule is CC(C)Sc1nc(N)c(NC(=O)c2ccc(Br)o2)c(=O)[nH]1. The van der Waals surface area contributed by atoms with Crippen LogP contribution in [0, 0.1) is 0 Å². The van der Waals surface area contributed by atoms with Gasteiger partial charge in [-0.05, 0) is 28.1 Å². The maximum absolute atomic E-state index is 12.0. The van der Waals surface area contributed by atoms with Crippen molar-refractivity contribution in [2.45, 2.75) is 24.3 Å². The van der Waals surface area contributed by atoms with Gasteiger partial charge in [-0.15, -0.1) is 0 Å². The number of nitrogens with zero attached hydrogens (tertiary/aromatic N) is 1. The molecule has 4 N–H and O–H groups in total. The van der Waals surface area contributed by atoms with Crippen LogP contribution in [0.15, 0.2) is 31.2 Å². The van der Waals surface area contributed by atoms with E-state index >= 15 is 0 Å². The summed E-state index contributed by atoms with van der Waals surface area (Å²) in [7, 11) is 0. The number of amides is 1. The summed E-state index contributed by atoms with van der Waals surface area (Å²) in [5.41, 5.74) is 5.12. The van der Waals surface area contributed by atoms with Crippen molar-refractivity contribution < 1.29 is 9.21 Å². The van der Waals surface area contributed by atoms with E-state index in [1.165, 1.54) is 17.8 Å². The molecule has 0 aliphatic rings. The van der Waals surface area contributed by atoms with Crippen LogP contribution in [0.5, 0.6) is 0 Å². The summed E-state index contributed by atoms with van der Waals surface area (Å²) in [5.74, 6) is -0.564. The second-order valence-electron chi connectivity index (χ2n) is 4.36. The van der Waals surface area contributed by atoms with Crippen LogP contribution in [0.2, 0.25) is 0 Å². The van der Waals surface area contributed by atoms with Crippen LogP contribution in [0.25, 0.3) is 0 Å². The first kappa shape index (κ1) is 15.6. The standard InChI is InChI=1S/C12H13BrN4O3S/c1-5(2)21-12-16-9(14)8(11(19)17-12)15-10(18)6-3-4-7(13)20-6/h3-5H,1-2H3,(H,15,18)(H3,14,16,17,19). The number of nitrogen functional groups attached to an aromatic ring is 1. The summed E-state index contributed by atoms with van der Waals surface area (Å²) in [6.07, 6.45) is 0. The lowest BCUT2D eigenvalue weighted by atomic mass is 10.4. The van der Waals surface area contributed by atoms with E-state index in [0.29, 0.717) is 9.83 Å². The van der Waals surface area contributed by atoms with Gasteiger partial charge in [0.15, 0.2) is 27.1 Å². The molecule has 112 valence electrons. The lowest BCUT2D eigenvalue weighted by molar-refractivity contribution is 0.0995. The molecule has 0 unspecified atom stereocenters. The number of hydrogen-bond acceptors (Lipinski definition) is 6. The number of thioether (sulfide) groups is 1. The number of nitrogens with two attached hydrogens (primary N) is 1. The molecule has 2 aromatic heterocycles. The maximum Gasteiger partial charge on any atom is 0.291 e. The van der Waals surface area contributed by atoms with Crippen molar-refractivity contribution >= 4 is 45.1 Å². The van der Waals surface area contributed by atoms with Gasteiger partial charge in [0, 0.05) is 5.25 Å². The highest BCUT2D eigenvalue weighted by molar-refractivity contribution is 9.10.